The summed E-state index contributed by atoms with van der Waals surface area (Å²) in [5.41, 5.74) is 1.27. The van der Waals surface area contributed by atoms with Gasteiger partial charge in [0.15, 0.2) is 0 Å². The van der Waals surface area contributed by atoms with Crippen LogP contribution in [0, 0.1) is 6.92 Å². The lowest BCUT2D eigenvalue weighted by Crippen LogP contribution is -2.12. The second-order valence-corrected chi connectivity index (χ2v) is 6.12. The SMILES string of the molecule is CCOc1ccccc1C(=O)Oc1c(C)cc(Br)cc1Br. The number of aryl methyl sites for hydroxylation is 1. The third-order valence-corrected chi connectivity index (χ3v) is 3.84. The van der Waals surface area contributed by atoms with Crippen molar-refractivity contribution in [2.75, 3.05) is 6.61 Å². The molecular formula is C16H14Br2O3. The lowest BCUT2D eigenvalue weighted by Gasteiger charge is -2.12. The number of benzene rings is 2. The van der Waals surface area contributed by atoms with E-state index in [2.05, 4.69) is 31.9 Å². The maximum Gasteiger partial charge on any atom is 0.347 e. The third kappa shape index (κ3) is 3.86. The average molecular weight is 414 g/mol. The molecule has 0 fully saturated rings. The number of carbonyl (C=O) groups is 1. The number of esters is 1. The summed E-state index contributed by atoms with van der Waals surface area (Å²) in [6.07, 6.45) is 0. The molecule has 0 aromatic heterocycles. The number of carbonyl (C=O) groups excluding carboxylic acids is 1. The van der Waals surface area contributed by atoms with Crippen molar-refractivity contribution in [2.45, 2.75) is 13.8 Å². The summed E-state index contributed by atoms with van der Waals surface area (Å²) >= 11 is 6.81. The van der Waals surface area contributed by atoms with Crippen LogP contribution in [0.1, 0.15) is 22.8 Å². The van der Waals surface area contributed by atoms with Gasteiger partial charge in [-0.15, -0.1) is 0 Å². The summed E-state index contributed by atoms with van der Waals surface area (Å²) in [6.45, 7) is 4.25. The first kappa shape index (κ1) is 16.0. The van der Waals surface area contributed by atoms with Gasteiger partial charge in [0.05, 0.1) is 11.1 Å². The molecule has 0 aliphatic rings. The van der Waals surface area contributed by atoms with Crippen LogP contribution in [0.4, 0.5) is 0 Å². The van der Waals surface area contributed by atoms with Gasteiger partial charge in [0.2, 0.25) is 0 Å². The zero-order valence-electron chi connectivity index (χ0n) is 11.7. The first-order valence-electron chi connectivity index (χ1n) is 6.42. The van der Waals surface area contributed by atoms with E-state index in [4.69, 9.17) is 9.47 Å². The molecule has 0 radical (unpaired) electrons. The van der Waals surface area contributed by atoms with E-state index in [1.165, 1.54) is 0 Å². The predicted octanol–water partition coefficient (Wildman–Crippen LogP) is 5.14. The molecule has 0 aliphatic carbocycles. The maximum atomic E-state index is 12.4. The monoisotopic (exact) mass is 412 g/mol. The van der Waals surface area contributed by atoms with Gasteiger partial charge < -0.3 is 9.47 Å². The van der Waals surface area contributed by atoms with E-state index in [0.717, 1.165) is 14.5 Å². The quantitative estimate of drug-likeness (QED) is 0.514. The number of hydrogen-bond donors (Lipinski definition) is 0. The number of rotatable bonds is 4. The second-order valence-electron chi connectivity index (χ2n) is 4.35. The van der Waals surface area contributed by atoms with Gasteiger partial charge in [-0.05, 0) is 59.6 Å². The van der Waals surface area contributed by atoms with E-state index in [1.807, 2.05) is 32.0 Å². The van der Waals surface area contributed by atoms with Gasteiger partial charge in [-0.1, -0.05) is 28.1 Å². The van der Waals surface area contributed by atoms with Crippen molar-refractivity contribution < 1.29 is 14.3 Å². The standard InChI is InChI=1S/C16H14Br2O3/c1-3-20-14-7-5-4-6-12(14)16(19)21-15-10(2)8-11(17)9-13(15)18/h4-9H,3H2,1-2H3. The normalized spacial score (nSPS) is 10.3. The minimum atomic E-state index is -0.440. The summed E-state index contributed by atoms with van der Waals surface area (Å²) in [5.74, 6) is 0.593. The molecule has 0 bridgehead atoms. The second kappa shape index (κ2) is 7.09. The highest BCUT2D eigenvalue weighted by Gasteiger charge is 2.17. The topological polar surface area (TPSA) is 35.5 Å². The van der Waals surface area contributed by atoms with Gasteiger partial charge in [0, 0.05) is 4.47 Å². The van der Waals surface area contributed by atoms with Crippen molar-refractivity contribution in [3.8, 4) is 11.5 Å². The summed E-state index contributed by atoms with van der Waals surface area (Å²) in [4.78, 5) is 12.4. The molecule has 2 aromatic rings. The number of hydrogen-bond acceptors (Lipinski definition) is 3. The maximum absolute atomic E-state index is 12.4. The number of para-hydroxylation sites is 1. The lowest BCUT2D eigenvalue weighted by molar-refractivity contribution is 0.0728. The molecular weight excluding hydrogens is 400 g/mol. The van der Waals surface area contributed by atoms with E-state index in [9.17, 15) is 4.79 Å². The van der Waals surface area contributed by atoms with E-state index >= 15 is 0 Å². The Balaban J connectivity index is 2.31. The van der Waals surface area contributed by atoms with Gasteiger partial charge in [0.25, 0.3) is 0 Å². The summed E-state index contributed by atoms with van der Waals surface area (Å²) in [5, 5.41) is 0. The van der Waals surface area contributed by atoms with E-state index in [1.54, 1.807) is 18.2 Å². The molecule has 2 rings (SSSR count). The Morgan fingerprint density at radius 1 is 1.19 bits per heavy atom. The van der Waals surface area contributed by atoms with Crippen molar-refractivity contribution in [3.63, 3.8) is 0 Å². The molecule has 5 heteroatoms. The van der Waals surface area contributed by atoms with Crippen molar-refractivity contribution in [1.82, 2.24) is 0 Å². The fraction of sp³-hybridized carbons (Fsp3) is 0.188. The Kier molecular flexibility index (Phi) is 5.42. The smallest absolute Gasteiger partial charge is 0.347 e. The molecule has 0 saturated heterocycles. The predicted molar refractivity (Wildman–Crippen MR) is 89.1 cm³/mol. The molecule has 0 heterocycles. The van der Waals surface area contributed by atoms with Crippen LogP contribution in [0.25, 0.3) is 0 Å². The van der Waals surface area contributed by atoms with Gasteiger partial charge in [-0.25, -0.2) is 4.79 Å². The Morgan fingerprint density at radius 3 is 2.57 bits per heavy atom. The van der Waals surface area contributed by atoms with E-state index in [-0.39, 0.29) is 0 Å². The zero-order chi connectivity index (χ0) is 15.4. The Morgan fingerprint density at radius 2 is 1.90 bits per heavy atom. The molecule has 0 unspecified atom stereocenters. The van der Waals surface area contributed by atoms with Gasteiger partial charge in [0.1, 0.15) is 17.1 Å². The van der Waals surface area contributed by atoms with Crippen LogP contribution in [0.15, 0.2) is 45.3 Å². The first-order valence-corrected chi connectivity index (χ1v) is 8.01. The van der Waals surface area contributed by atoms with Crippen molar-refractivity contribution >= 4 is 37.8 Å². The average Bonchev–Trinajstić information content (AvgIpc) is 2.43. The van der Waals surface area contributed by atoms with Crippen LogP contribution in [-0.4, -0.2) is 12.6 Å². The van der Waals surface area contributed by atoms with Crippen molar-refractivity contribution in [1.29, 1.82) is 0 Å². The molecule has 0 N–H and O–H groups in total. The summed E-state index contributed by atoms with van der Waals surface area (Å²) < 4.78 is 12.6. The Hall–Kier alpha value is -1.33. The van der Waals surface area contributed by atoms with Crippen LogP contribution in [0.3, 0.4) is 0 Å². The highest BCUT2D eigenvalue weighted by molar-refractivity contribution is 9.11. The van der Waals surface area contributed by atoms with Crippen LogP contribution in [0.2, 0.25) is 0 Å². The molecule has 0 amide bonds. The molecule has 0 saturated carbocycles. The lowest BCUT2D eigenvalue weighted by atomic mass is 10.2. The van der Waals surface area contributed by atoms with E-state index in [0.29, 0.717) is 23.7 Å². The molecule has 3 nitrogen and oxygen atoms in total. The Bertz CT molecular complexity index is 645. The fourth-order valence-electron chi connectivity index (χ4n) is 1.88. The largest absolute Gasteiger partial charge is 0.493 e. The van der Waals surface area contributed by atoms with Crippen LogP contribution in [0.5, 0.6) is 11.5 Å². The summed E-state index contributed by atoms with van der Waals surface area (Å²) in [6, 6.07) is 10.8. The molecule has 110 valence electrons. The third-order valence-electron chi connectivity index (χ3n) is 2.80. The molecule has 0 aliphatic heterocycles. The molecule has 21 heavy (non-hydrogen) atoms. The van der Waals surface area contributed by atoms with Gasteiger partial charge in [-0.3, -0.25) is 0 Å². The molecule has 2 aromatic carbocycles. The van der Waals surface area contributed by atoms with Crippen molar-refractivity contribution in [2.24, 2.45) is 0 Å². The van der Waals surface area contributed by atoms with E-state index < -0.39 is 5.97 Å². The van der Waals surface area contributed by atoms with Crippen LogP contribution in [-0.2, 0) is 0 Å². The summed E-state index contributed by atoms with van der Waals surface area (Å²) in [7, 11) is 0. The number of ether oxygens (including phenoxy) is 2. The first-order chi connectivity index (χ1) is 10.0. The molecule has 0 spiro atoms. The zero-order valence-corrected chi connectivity index (χ0v) is 14.8. The van der Waals surface area contributed by atoms with Crippen molar-refractivity contribution in [3.05, 3.63) is 56.5 Å². The van der Waals surface area contributed by atoms with Crippen LogP contribution < -0.4 is 9.47 Å². The van der Waals surface area contributed by atoms with Crippen LogP contribution >= 0.6 is 31.9 Å². The fourth-order valence-corrected chi connectivity index (χ4v) is 3.40. The molecule has 0 atom stereocenters. The minimum Gasteiger partial charge on any atom is -0.493 e. The Labute approximate surface area is 140 Å². The highest BCUT2D eigenvalue weighted by atomic mass is 79.9. The highest BCUT2D eigenvalue weighted by Crippen LogP contribution is 2.33. The van der Waals surface area contributed by atoms with Gasteiger partial charge >= 0.3 is 5.97 Å². The number of halogens is 2. The van der Waals surface area contributed by atoms with Gasteiger partial charge in [-0.2, -0.15) is 0 Å². The minimum absolute atomic E-state index is 0.411.